The van der Waals surface area contributed by atoms with Crippen molar-refractivity contribution in [3.63, 3.8) is 0 Å². The lowest BCUT2D eigenvalue weighted by atomic mass is 10.1. The van der Waals surface area contributed by atoms with Crippen LogP contribution in [0.1, 0.15) is 39.4 Å². The maximum atomic E-state index is 13.3. The monoisotopic (exact) mass is 376 g/mol. The molecule has 1 aliphatic heterocycles. The van der Waals surface area contributed by atoms with Crippen molar-refractivity contribution in [2.45, 2.75) is 26.4 Å². The van der Waals surface area contributed by atoms with Crippen LogP contribution >= 0.6 is 11.3 Å². The molecule has 5 nitrogen and oxygen atoms in total. The van der Waals surface area contributed by atoms with E-state index in [9.17, 15) is 14.0 Å². The Hall–Kier alpha value is -2.25. The van der Waals surface area contributed by atoms with Gasteiger partial charge in [0.1, 0.15) is 5.82 Å². The van der Waals surface area contributed by atoms with Gasteiger partial charge in [0.15, 0.2) is 0 Å². The first-order valence-electron chi connectivity index (χ1n) is 8.36. The quantitative estimate of drug-likeness (QED) is 0.889. The number of halogens is 1. The third kappa shape index (κ3) is 4.11. The molecule has 0 bridgehead atoms. The van der Waals surface area contributed by atoms with Crippen LogP contribution in [0.25, 0.3) is 0 Å². The van der Waals surface area contributed by atoms with Crippen molar-refractivity contribution < 1.29 is 18.7 Å². The highest BCUT2D eigenvalue weighted by Crippen LogP contribution is 2.29. The number of rotatable bonds is 3. The number of hydrogen-bond acceptors (Lipinski definition) is 4. The van der Waals surface area contributed by atoms with Gasteiger partial charge in [-0.1, -0.05) is 6.07 Å². The summed E-state index contributed by atoms with van der Waals surface area (Å²) in [5.41, 5.74) is 0.672. The number of carbonyl (C=O) groups is 2. The van der Waals surface area contributed by atoms with E-state index >= 15 is 0 Å². The first-order chi connectivity index (χ1) is 12.2. The SMILES string of the molecule is Cc1cc(NC(=O)c2cccc(F)c2)sc1C(=O)N1CCOC(C)(C)C1. The molecule has 2 heterocycles. The lowest BCUT2D eigenvalue weighted by Gasteiger charge is -2.38. The Labute approximate surface area is 155 Å². The number of ether oxygens (including phenoxy) is 1. The number of benzene rings is 1. The number of nitrogens with zero attached hydrogens (tertiary/aromatic N) is 1. The second kappa shape index (κ2) is 7.17. The molecule has 138 valence electrons. The molecule has 3 rings (SSSR count). The average Bonchev–Trinajstić information content (AvgIpc) is 2.93. The van der Waals surface area contributed by atoms with E-state index in [4.69, 9.17) is 4.74 Å². The molecule has 0 radical (unpaired) electrons. The smallest absolute Gasteiger partial charge is 0.264 e. The zero-order valence-corrected chi connectivity index (χ0v) is 15.8. The second-order valence-electron chi connectivity index (χ2n) is 6.92. The van der Waals surface area contributed by atoms with Crippen molar-refractivity contribution in [2.75, 3.05) is 25.0 Å². The minimum atomic E-state index is -0.467. The molecule has 7 heteroatoms. The zero-order valence-electron chi connectivity index (χ0n) is 15.0. The first-order valence-corrected chi connectivity index (χ1v) is 9.17. The number of hydrogen-bond donors (Lipinski definition) is 1. The van der Waals surface area contributed by atoms with Gasteiger partial charge in [0.05, 0.1) is 22.1 Å². The summed E-state index contributed by atoms with van der Waals surface area (Å²) in [4.78, 5) is 27.5. The van der Waals surface area contributed by atoms with Crippen LogP contribution in [0.3, 0.4) is 0 Å². The van der Waals surface area contributed by atoms with Gasteiger partial charge in [0.2, 0.25) is 0 Å². The summed E-state index contributed by atoms with van der Waals surface area (Å²) in [6.45, 7) is 7.33. The molecule has 26 heavy (non-hydrogen) atoms. The zero-order chi connectivity index (χ0) is 18.9. The predicted molar refractivity (Wildman–Crippen MR) is 99.3 cm³/mol. The molecular weight excluding hydrogens is 355 g/mol. The van der Waals surface area contributed by atoms with Crippen molar-refractivity contribution in [1.82, 2.24) is 4.90 Å². The lowest BCUT2D eigenvalue weighted by molar-refractivity contribution is -0.0763. The summed E-state index contributed by atoms with van der Waals surface area (Å²) in [5.74, 6) is -0.932. The van der Waals surface area contributed by atoms with Crippen LogP contribution in [-0.4, -0.2) is 42.0 Å². The summed E-state index contributed by atoms with van der Waals surface area (Å²) in [6, 6.07) is 7.25. The molecule has 1 aromatic heterocycles. The van der Waals surface area contributed by atoms with E-state index in [1.54, 1.807) is 17.0 Å². The molecule has 2 amide bonds. The molecule has 1 fully saturated rings. The lowest BCUT2D eigenvalue weighted by Crippen LogP contribution is -2.50. The maximum Gasteiger partial charge on any atom is 0.264 e. The van der Waals surface area contributed by atoms with Gasteiger partial charge in [0.25, 0.3) is 11.8 Å². The Bertz CT molecular complexity index is 847. The number of thiophene rings is 1. The standard InChI is InChI=1S/C19H21FN2O3S/c1-12-9-15(21-17(23)13-5-4-6-14(20)10-13)26-16(12)18(24)22-7-8-25-19(2,3)11-22/h4-6,9-10H,7-8,11H2,1-3H3,(H,21,23). The summed E-state index contributed by atoms with van der Waals surface area (Å²) in [6.07, 6.45) is 0. The third-order valence-corrected chi connectivity index (χ3v) is 5.29. The molecule has 0 aliphatic carbocycles. The van der Waals surface area contributed by atoms with Crippen LogP contribution in [0.4, 0.5) is 9.39 Å². The third-order valence-electron chi connectivity index (χ3n) is 4.15. The van der Waals surface area contributed by atoms with E-state index in [0.29, 0.717) is 29.6 Å². The number of aryl methyl sites for hydroxylation is 1. The van der Waals surface area contributed by atoms with Gasteiger partial charge < -0.3 is 15.0 Å². The van der Waals surface area contributed by atoms with Crippen LogP contribution in [0.2, 0.25) is 0 Å². The molecule has 1 aromatic carbocycles. The van der Waals surface area contributed by atoms with Gasteiger partial charge in [0, 0.05) is 18.7 Å². The first kappa shape index (κ1) is 18.5. The summed E-state index contributed by atoms with van der Waals surface area (Å²) >= 11 is 1.23. The molecule has 2 aromatic rings. The van der Waals surface area contributed by atoms with Crippen molar-refractivity contribution in [2.24, 2.45) is 0 Å². The van der Waals surface area contributed by atoms with E-state index < -0.39 is 11.7 Å². The van der Waals surface area contributed by atoms with Gasteiger partial charge in [-0.05, 0) is 50.6 Å². The van der Waals surface area contributed by atoms with E-state index in [0.717, 1.165) is 5.56 Å². The van der Waals surface area contributed by atoms with E-state index in [-0.39, 0.29) is 17.1 Å². The molecule has 0 spiro atoms. The normalized spacial score (nSPS) is 16.4. The van der Waals surface area contributed by atoms with Crippen LogP contribution in [-0.2, 0) is 4.74 Å². The number of morpholine rings is 1. The van der Waals surface area contributed by atoms with Crippen LogP contribution in [0, 0.1) is 12.7 Å². The van der Waals surface area contributed by atoms with Gasteiger partial charge in [-0.3, -0.25) is 9.59 Å². The Morgan fingerprint density at radius 3 is 2.77 bits per heavy atom. The topological polar surface area (TPSA) is 58.6 Å². The fraction of sp³-hybridized carbons (Fsp3) is 0.368. The molecule has 1 aliphatic rings. The minimum Gasteiger partial charge on any atom is -0.372 e. The minimum absolute atomic E-state index is 0.0601. The predicted octanol–water partition coefficient (Wildman–Crippen LogP) is 3.70. The molecular formula is C19H21FN2O3S. The molecule has 1 N–H and O–H groups in total. The highest BCUT2D eigenvalue weighted by molar-refractivity contribution is 7.18. The Morgan fingerprint density at radius 2 is 2.08 bits per heavy atom. The largest absolute Gasteiger partial charge is 0.372 e. The highest BCUT2D eigenvalue weighted by Gasteiger charge is 2.31. The average molecular weight is 376 g/mol. The fourth-order valence-corrected chi connectivity index (χ4v) is 3.94. The number of amides is 2. The summed E-state index contributed by atoms with van der Waals surface area (Å²) < 4.78 is 18.9. The van der Waals surface area contributed by atoms with Crippen LogP contribution in [0.15, 0.2) is 30.3 Å². The van der Waals surface area contributed by atoms with Gasteiger partial charge in [-0.25, -0.2) is 4.39 Å². The van der Waals surface area contributed by atoms with Crippen molar-refractivity contribution in [3.05, 3.63) is 52.2 Å². The van der Waals surface area contributed by atoms with Crippen molar-refractivity contribution in [3.8, 4) is 0 Å². The fourth-order valence-electron chi connectivity index (χ4n) is 2.90. The van der Waals surface area contributed by atoms with E-state index in [2.05, 4.69) is 5.32 Å². The maximum absolute atomic E-state index is 13.3. The second-order valence-corrected chi connectivity index (χ2v) is 7.97. The number of nitrogens with one attached hydrogen (secondary N) is 1. The van der Waals surface area contributed by atoms with E-state index in [1.807, 2.05) is 20.8 Å². The van der Waals surface area contributed by atoms with Gasteiger partial charge >= 0.3 is 0 Å². The van der Waals surface area contributed by atoms with Gasteiger partial charge in [-0.2, -0.15) is 0 Å². The molecule has 0 unspecified atom stereocenters. The van der Waals surface area contributed by atoms with Crippen molar-refractivity contribution in [1.29, 1.82) is 0 Å². The Kier molecular flexibility index (Phi) is 5.11. The summed E-state index contributed by atoms with van der Waals surface area (Å²) in [5, 5.41) is 3.30. The highest BCUT2D eigenvalue weighted by atomic mass is 32.1. The Morgan fingerprint density at radius 1 is 1.31 bits per heavy atom. The summed E-state index contributed by atoms with van der Waals surface area (Å²) in [7, 11) is 0. The Balaban J connectivity index is 1.74. The number of anilines is 1. The van der Waals surface area contributed by atoms with Crippen LogP contribution in [0.5, 0.6) is 0 Å². The molecule has 0 saturated carbocycles. The molecule has 0 atom stereocenters. The number of carbonyl (C=O) groups excluding carboxylic acids is 2. The van der Waals surface area contributed by atoms with Crippen molar-refractivity contribution >= 4 is 28.2 Å². The van der Waals surface area contributed by atoms with Crippen LogP contribution < -0.4 is 5.32 Å². The molecule has 1 saturated heterocycles. The van der Waals surface area contributed by atoms with Gasteiger partial charge in [-0.15, -0.1) is 11.3 Å². The van der Waals surface area contributed by atoms with E-state index in [1.165, 1.54) is 29.5 Å².